The summed E-state index contributed by atoms with van der Waals surface area (Å²) in [5, 5.41) is 12.0. The first-order chi connectivity index (χ1) is 13.5. The minimum Gasteiger partial charge on any atom is -0.309 e. The number of amides is 1. The predicted octanol–water partition coefficient (Wildman–Crippen LogP) is 3.92. The molecule has 0 spiro atoms. The van der Waals surface area contributed by atoms with Crippen LogP contribution in [0.2, 0.25) is 0 Å². The van der Waals surface area contributed by atoms with E-state index in [1.54, 1.807) is 9.36 Å². The van der Waals surface area contributed by atoms with E-state index in [1.165, 1.54) is 12.8 Å². The standard InChI is InChI=1S/C22H25N5O/c1-15-19(12-9-17-7-5-4-6-8-17)16(2)27(24-15)14-22(28)23-21-13-20(18-10-11-18)25-26(21)3/h4-9,12-13,18H,10-11,14H2,1-3H3,(H,23,28). The maximum absolute atomic E-state index is 12.5. The minimum atomic E-state index is -0.102. The van der Waals surface area contributed by atoms with Crippen LogP contribution < -0.4 is 5.32 Å². The van der Waals surface area contributed by atoms with Crippen molar-refractivity contribution >= 4 is 23.9 Å². The van der Waals surface area contributed by atoms with Crippen molar-refractivity contribution in [3.63, 3.8) is 0 Å². The number of nitrogens with one attached hydrogen (secondary N) is 1. The molecule has 6 nitrogen and oxygen atoms in total. The van der Waals surface area contributed by atoms with Gasteiger partial charge in [0.15, 0.2) is 0 Å². The highest BCUT2D eigenvalue weighted by Gasteiger charge is 2.27. The molecule has 0 radical (unpaired) electrons. The Kier molecular flexibility index (Phi) is 4.86. The van der Waals surface area contributed by atoms with Gasteiger partial charge in [0.2, 0.25) is 5.91 Å². The van der Waals surface area contributed by atoms with Crippen LogP contribution in [-0.2, 0) is 18.4 Å². The van der Waals surface area contributed by atoms with Crippen LogP contribution in [0.15, 0.2) is 36.4 Å². The number of rotatable bonds is 6. The summed E-state index contributed by atoms with van der Waals surface area (Å²) >= 11 is 0. The molecule has 1 aromatic carbocycles. The van der Waals surface area contributed by atoms with Crippen molar-refractivity contribution in [1.29, 1.82) is 0 Å². The summed E-state index contributed by atoms with van der Waals surface area (Å²) in [6.45, 7) is 4.14. The summed E-state index contributed by atoms with van der Waals surface area (Å²) < 4.78 is 3.49. The van der Waals surface area contributed by atoms with E-state index in [4.69, 9.17) is 0 Å². The Morgan fingerprint density at radius 3 is 2.64 bits per heavy atom. The highest BCUT2D eigenvalue weighted by molar-refractivity contribution is 5.89. The lowest BCUT2D eigenvalue weighted by molar-refractivity contribution is -0.117. The summed E-state index contributed by atoms with van der Waals surface area (Å²) in [6.07, 6.45) is 6.51. The molecule has 1 amide bonds. The summed E-state index contributed by atoms with van der Waals surface area (Å²) in [4.78, 5) is 12.5. The number of aryl methyl sites for hydroxylation is 2. The molecular weight excluding hydrogens is 350 g/mol. The van der Waals surface area contributed by atoms with Crippen LogP contribution >= 0.6 is 0 Å². The molecule has 3 aromatic rings. The van der Waals surface area contributed by atoms with E-state index < -0.39 is 0 Å². The fraction of sp³-hybridized carbons (Fsp3) is 0.318. The molecule has 2 aromatic heterocycles. The van der Waals surface area contributed by atoms with Crippen molar-refractivity contribution in [3.8, 4) is 0 Å². The third-order valence-corrected chi connectivity index (χ3v) is 5.13. The van der Waals surface area contributed by atoms with E-state index in [9.17, 15) is 4.79 Å². The first kappa shape index (κ1) is 18.2. The topological polar surface area (TPSA) is 64.7 Å². The number of hydrogen-bond donors (Lipinski definition) is 1. The first-order valence-electron chi connectivity index (χ1n) is 9.62. The molecule has 6 heteroatoms. The molecule has 1 fully saturated rings. The molecule has 0 bridgehead atoms. The maximum atomic E-state index is 12.5. The molecule has 0 saturated heterocycles. The Hall–Kier alpha value is -3.15. The lowest BCUT2D eigenvalue weighted by Gasteiger charge is -2.07. The summed E-state index contributed by atoms with van der Waals surface area (Å²) in [5.41, 5.74) is 5.14. The molecule has 0 atom stereocenters. The maximum Gasteiger partial charge on any atom is 0.247 e. The molecule has 1 saturated carbocycles. The van der Waals surface area contributed by atoms with Gasteiger partial charge in [0.1, 0.15) is 12.4 Å². The molecular formula is C22H25N5O. The van der Waals surface area contributed by atoms with Gasteiger partial charge in [-0.15, -0.1) is 0 Å². The van der Waals surface area contributed by atoms with Gasteiger partial charge in [0, 0.05) is 30.3 Å². The van der Waals surface area contributed by atoms with Gasteiger partial charge >= 0.3 is 0 Å². The van der Waals surface area contributed by atoms with Gasteiger partial charge in [-0.1, -0.05) is 42.5 Å². The number of carbonyl (C=O) groups excluding carboxylic acids is 1. The van der Waals surface area contributed by atoms with E-state index in [0.717, 1.165) is 34.0 Å². The largest absolute Gasteiger partial charge is 0.309 e. The zero-order valence-corrected chi connectivity index (χ0v) is 16.5. The summed E-state index contributed by atoms with van der Waals surface area (Å²) in [5.74, 6) is 1.19. The van der Waals surface area contributed by atoms with Crippen molar-refractivity contribution in [2.24, 2.45) is 7.05 Å². The molecule has 2 heterocycles. The fourth-order valence-electron chi connectivity index (χ4n) is 3.35. The number of benzene rings is 1. The Morgan fingerprint density at radius 1 is 1.18 bits per heavy atom. The summed E-state index contributed by atoms with van der Waals surface area (Å²) in [7, 11) is 1.86. The summed E-state index contributed by atoms with van der Waals surface area (Å²) in [6, 6.07) is 12.1. The molecule has 1 aliphatic rings. The minimum absolute atomic E-state index is 0.102. The van der Waals surface area contributed by atoms with E-state index in [0.29, 0.717) is 5.92 Å². The van der Waals surface area contributed by atoms with Gasteiger partial charge in [-0.2, -0.15) is 10.2 Å². The molecule has 4 rings (SSSR count). The second-order valence-electron chi connectivity index (χ2n) is 7.39. The zero-order chi connectivity index (χ0) is 19.7. The van der Waals surface area contributed by atoms with E-state index in [2.05, 4.69) is 39.8 Å². The Bertz CT molecular complexity index is 1020. The fourth-order valence-corrected chi connectivity index (χ4v) is 3.35. The average Bonchev–Trinajstić information content (AvgIpc) is 3.41. The normalized spacial score (nSPS) is 14.0. The predicted molar refractivity (Wildman–Crippen MR) is 111 cm³/mol. The number of carbonyl (C=O) groups is 1. The van der Waals surface area contributed by atoms with Crippen molar-refractivity contribution in [3.05, 3.63) is 64.6 Å². The van der Waals surface area contributed by atoms with Crippen LogP contribution in [-0.4, -0.2) is 25.5 Å². The van der Waals surface area contributed by atoms with Crippen LogP contribution in [0, 0.1) is 13.8 Å². The van der Waals surface area contributed by atoms with Gasteiger partial charge < -0.3 is 5.32 Å². The van der Waals surface area contributed by atoms with Crippen molar-refractivity contribution in [2.45, 2.75) is 39.2 Å². The monoisotopic (exact) mass is 375 g/mol. The molecule has 1 aliphatic carbocycles. The lowest BCUT2D eigenvalue weighted by Crippen LogP contribution is -2.21. The third kappa shape index (κ3) is 3.91. The van der Waals surface area contributed by atoms with Gasteiger partial charge in [-0.25, -0.2) is 0 Å². The van der Waals surface area contributed by atoms with Gasteiger partial charge in [-0.05, 0) is 32.3 Å². The number of nitrogens with zero attached hydrogens (tertiary/aromatic N) is 4. The number of hydrogen-bond acceptors (Lipinski definition) is 3. The number of anilines is 1. The van der Waals surface area contributed by atoms with E-state index in [-0.39, 0.29) is 12.5 Å². The van der Waals surface area contributed by atoms with Crippen LogP contribution in [0.5, 0.6) is 0 Å². The van der Waals surface area contributed by atoms with Crippen LogP contribution in [0.3, 0.4) is 0 Å². The molecule has 28 heavy (non-hydrogen) atoms. The van der Waals surface area contributed by atoms with Crippen molar-refractivity contribution in [1.82, 2.24) is 19.6 Å². The Labute approximate surface area is 164 Å². The zero-order valence-electron chi connectivity index (χ0n) is 16.5. The van der Waals surface area contributed by atoms with Crippen molar-refractivity contribution < 1.29 is 4.79 Å². The second-order valence-corrected chi connectivity index (χ2v) is 7.39. The first-order valence-corrected chi connectivity index (χ1v) is 9.62. The highest BCUT2D eigenvalue weighted by Crippen LogP contribution is 2.39. The smallest absolute Gasteiger partial charge is 0.247 e. The molecule has 144 valence electrons. The quantitative estimate of drug-likeness (QED) is 0.710. The molecule has 0 aliphatic heterocycles. The number of aromatic nitrogens is 4. The van der Waals surface area contributed by atoms with Gasteiger partial charge in [0.05, 0.1) is 11.4 Å². The van der Waals surface area contributed by atoms with Crippen LogP contribution in [0.1, 0.15) is 47.0 Å². The average molecular weight is 375 g/mol. The molecule has 1 N–H and O–H groups in total. The van der Waals surface area contributed by atoms with Crippen LogP contribution in [0.4, 0.5) is 5.82 Å². The van der Waals surface area contributed by atoms with E-state index in [1.807, 2.05) is 45.2 Å². The van der Waals surface area contributed by atoms with Gasteiger partial charge in [-0.3, -0.25) is 14.2 Å². The highest BCUT2D eigenvalue weighted by atomic mass is 16.2. The van der Waals surface area contributed by atoms with E-state index >= 15 is 0 Å². The third-order valence-electron chi connectivity index (χ3n) is 5.13. The van der Waals surface area contributed by atoms with Crippen LogP contribution in [0.25, 0.3) is 12.2 Å². The van der Waals surface area contributed by atoms with Gasteiger partial charge in [0.25, 0.3) is 0 Å². The SMILES string of the molecule is Cc1nn(CC(=O)Nc2cc(C3CC3)nn2C)c(C)c1C=Cc1ccccc1. The van der Waals surface area contributed by atoms with Crippen molar-refractivity contribution in [2.75, 3.05) is 5.32 Å². The lowest BCUT2D eigenvalue weighted by atomic mass is 10.1. The Balaban J connectivity index is 1.46. The molecule has 0 unspecified atom stereocenters. The Morgan fingerprint density at radius 2 is 1.93 bits per heavy atom. The second kappa shape index (κ2) is 7.46.